The first-order valence-electron chi connectivity index (χ1n) is 9.20. The smallest absolute Gasteiger partial charge is 0.303 e. The molecule has 0 amide bonds. The third kappa shape index (κ3) is 8.47. The van der Waals surface area contributed by atoms with Gasteiger partial charge in [-0.15, -0.1) is 0 Å². The first-order chi connectivity index (χ1) is 12.0. The fourth-order valence-electron chi connectivity index (χ4n) is 3.19. The van der Waals surface area contributed by atoms with Crippen LogP contribution in [0.5, 0.6) is 0 Å². The third-order valence-corrected chi connectivity index (χ3v) is 4.59. The normalized spacial score (nSPS) is 28.5. The van der Waals surface area contributed by atoms with Gasteiger partial charge in [0.25, 0.3) is 0 Å². The molecule has 142 valence electrons. The molecule has 1 rings (SSSR count). The molecular weight excluding hydrogens is 320 g/mol. The Kier molecular flexibility index (Phi) is 10.4. The molecule has 5 nitrogen and oxygen atoms in total. The zero-order valence-corrected chi connectivity index (χ0v) is 15.0. The van der Waals surface area contributed by atoms with Crippen molar-refractivity contribution in [2.24, 2.45) is 11.8 Å². The van der Waals surface area contributed by atoms with Gasteiger partial charge in [-0.2, -0.15) is 0 Å². The minimum Gasteiger partial charge on any atom is -0.481 e. The van der Waals surface area contributed by atoms with Crippen LogP contribution in [0.3, 0.4) is 0 Å². The zero-order chi connectivity index (χ0) is 18.7. The van der Waals surface area contributed by atoms with Gasteiger partial charge in [0.05, 0.1) is 18.3 Å². The lowest BCUT2D eigenvalue weighted by atomic mass is 9.89. The minimum absolute atomic E-state index is 0.0830. The number of carbonyl (C=O) groups is 1. The molecule has 1 aliphatic carbocycles. The van der Waals surface area contributed by atoms with Crippen molar-refractivity contribution in [1.82, 2.24) is 0 Å². The summed E-state index contributed by atoms with van der Waals surface area (Å²) in [6.45, 7) is 2.04. The molecule has 0 aromatic carbocycles. The van der Waals surface area contributed by atoms with E-state index < -0.39 is 24.3 Å². The number of carboxylic acids is 1. The fraction of sp³-hybridized carbons (Fsp3) is 0.650. The van der Waals surface area contributed by atoms with E-state index in [4.69, 9.17) is 5.11 Å². The van der Waals surface area contributed by atoms with Gasteiger partial charge in [-0.25, -0.2) is 0 Å². The molecule has 0 aromatic rings. The molecule has 1 aliphatic rings. The van der Waals surface area contributed by atoms with E-state index in [1.807, 2.05) is 37.3 Å². The van der Waals surface area contributed by atoms with Crippen molar-refractivity contribution in [2.75, 3.05) is 0 Å². The lowest BCUT2D eigenvalue weighted by molar-refractivity contribution is -0.137. The highest BCUT2D eigenvalue weighted by molar-refractivity contribution is 5.66. The lowest BCUT2D eigenvalue weighted by Gasteiger charge is -2.19. The van der Waals surface area contributed by atoms with Crippen LogP contribution < -0.4 is 0 Å². The Hall–Kier alpha value is -1.43. The summed E-state index contributed by atoms with van der Waals surface area (Å²) in [7, 11) is 0. The van der Waals surface area contributed by atoms with Crippen molar-refractivity contribution < 1.29 is 25.2 Å². The maximum atomic E-state index is 10.5. The fourth-order valence-corrected chi connectivity index (χ4v) is 3.19. The van der Waals surface area contributed by atoms with Crippen molar-refractivity contribution in [3.8, 4) is 0 Å². The predicted molar refractivity (Wildman–Crippen MR) is 98.0 cm³/mol. The van der Waals surface area contributed by atoms with E-state index in [9.17, 15) is 20.1 Å². The SMILES string of the molecule is CC/C=C/C[C@H](O)/C=C/[C@@H]1[C@@H](C/C=C\CCCC(=O)O)[C@@H](O)C[C@H]1O. The summed E-state index contributed by atoms with van der Waals surface area (Å²) >= 11 is 0. The molecule has 0 radical (unpaired) electrons. The number of aliphatic hydroxyl groups excluding tert-OH is 3. The van der Waals surface area contributed by atoms with Gasteiger partial charge >= 0.3 is 5.97 Å². The number of hydrogen-bond acceptors (Lipinski definition) is 4. The highest BCUT2D eigenvalue weighted by atomic mass is 16.4. The van der Waals surface area contributed by atoms with Crippen LogP contribution in [-0.2, 0) is 4.79 Å². The first kappa shape index (κ1) is 21.6. The Morgan fingerprint density at radius 3 is 2.60 bits per heavy atom. The average molecular weight is 352 g/mol. The Bertz CT molecular complexity index is 469. The van der Waals surface area contributed by atoms with Gasteiger partial charge < -0.3 is 20.4 Å². The topological polar surface area (TPSA) is 98.0 Å². The molecule has 4 N–H and O–H groups in total. The van der Waals surface area contributed by atoms with E-state index in [0.717, 1.165) is 6.42 Å². The van der Waals surface area contributed by atoms with Crippen molar-refractivity contribution in [1.29, 1.82) is 0 Å². The lowest BCUT2D eigenvalue weighted by Crippen LogP contribution is -2.20. The van der Waals surface area contributed by atoms with Crippen LogP contribution in [0.25, 0.3) is 0 Å². The maximum absolute atomic E-state index is 10.5. The molecule has 5 atom stereocenters. The molecule has 1 fully saturated rings. The summed E-state index contributed by atoms with van der Waals surface area (Å²) in [4.78, 5) is 10.5. The van der Waals surface area contributed by atoms with E-state index in [1.54, 1.807) is 6.08 Å². The number of unbranched alkanes of at least 4 members (excludes halogenated alkanes) is 1. The number of carboxylic acid groups (broad SMARTS) is 1. The van der Waals surface area contributed by atoms with Gasteiger partial charge in [-0.1, -0.05) is 43.4 Å². The standard InChI is InChI=1S/C20H32O5/c1-2-3-6-9-15(21)12-13-17-16(18(22)14-19(17)23)10-7-4-5-8-11-20(24)25/h3-4,6-7,12-13,15-19,21-23H,2,5,8-11,14H2,1H3,(H,24,25)/b6-3+,7-4-,13-12+/t15-,16+,17+,18-,19+/m0/s1. The highest BCUT2D eigenvalue weighted by Gasteiger charge is 2.39. The summed E-state index contributed by atoms with van der Waals surface area (Å²) in [5.41, 5.74) is 0. The summed E-state index contributed by atoms with van der Waals surface area (Å²) in [5, 5.41) is 38.9. The number of aliphatic carboxylic acids is 1. The summed E-state index contributed by atoms with van der Waals surface area (Å²) in [5.74, 6) is -1.05. The minimum atomic E-state index is -0.791. The van der Waals surface area contributed by atoms with E-state index >= 15 is 0 Å². The quantitative estimate of drug-likeness (QED) is 0.339. The second kappa shape index (κ2) is 12.0. The molecule has 0 bridgehead atoms. The Morgan fingerprint density at radius 2 is 1.92 bits per heavy atom. The van der Waals surface area contributed by atoms with Gasteiger partial charge in [-0.05, 0) is 38.0 Å². The van der Waals surface area contributed by atoms with Crippen LogP contribution >= 0.6 is 0 Å². The maximum Gasteiger partial charge on any atom is 0.303 e. The number of rotatable bonds is 11. The molecule has 0 aromatic heterocycles. The van der Waals surface area contributed by atoms with Crippen LogP contribution in [-0.4, -0.2) is 44.7 Å². The van der Waals surface area contributed by atoms with Crippen molar-refractivity contribution >= 4 is 5.97 Å². The van der Waals surface area contributed by atoms with Crippen LogP contribution in [0, 0.1) is 11.8 Å². The summed E-state index contributed by atoms with van der Waals surface area (Å²) in [6.07, 6.45) is 13.5. The van der Waals surface area contributed by atoms with Crippen molar-refractivity contribution in [3.63, 3.8) is 0 Å². The van der Waals surface area contributed by atoms with Gasteiger partial charge in [0.2, 0.25) is 0 Å². The number of allylic oxidation sites excluding steroid dienone is 3. The molecule has 0 aliphatic heterocycles. The van der Waals surface area contributed by atoms with Gasteiger partial charge in [0.1, 0.15) is 0 Å². The predicted octanol–water partition coefficient (Wildman–Crippen LogP) is 2.82. The zero-order valence-electron chi connectivity index (χ0n) is 15.0. The summed E-state index contributed by atoms with van der Waals surface area (Å²) < 4.78 is 0. The second-order valence-corrected chi connectivity index (χ2v) is 6.67. The molecular formula is C20H32O5. The Morgan fingerprint density at radius 1 is 1.16 bits per heavy atom. The molecule has 0 saturated heterocycles. The van der Waals surface area contributed by atoms with E-state index in [0.29, 0.717) is 32.1 Å². The van der Waals surface area contributed by atoms with Gasteiger partial charge in [0, 0.05) is 18.8 Å². The largest absolute Gasteiger partial charge is 0.481 e. The van der Waals surface area contributed by atoms with Crippen molar-refractivity contribution in [2.45, 2.75) is 70.2 Å². The molecule has 25 heavy (non-hydrogen) atoms. The van der Waals surface area contributed by atoms with Gasteiger partial charge in [0.15, 0.2) is 0 Å². The van der Waals surface area contributed by atoms with Crippen LogP contribution in [0.1, 0.15) is 51.9 Å². The average Bonchev–Trinajstić information content (AvgIpc) is 2.82. The van der Waals surface area contributed by atoms with Crippen LogP contribution in [0.4, 0.5) is 0 Å². The molecule has 0 heterocycles. The van der Waals surface area contributed by atoms with E-state index in [2.05, 4.69) is 0 Å². The van der Waals surface area contributed by atoms with E-state index in [-0.39, 0.29) is 18.3 Å². The molecule has 0 spiro atoms. The van der Waals surface area contributed by atoms with Gasteiger partial charge in [-0.3, -0.25) is 4.79 Å². The number of hydrogen-bond donors (Lipinski definition) is 4. The second-order valence-electron chi connectivity index (χ2n) is 6.67. The van der Waals surface area contributed by atoms with E-state index in [1.165, 1.54) is 0 Å². The number of aliphatic hydroxyl groups is 3. The molecule has 0 unspecified atom stereocenters. The van der Waals surface area contributed by atoms with Crippen LogP contribution in [0.2, 0.25) is 0 Å². The Labute approximate surface area is 150 Å². The third-order valence-electron chi connectivity index (χ3n) is 4.59. The monoisotopic (exact) mass is 352 g/mol. The molecule has 1 saturated carbocycles. The van der Waals surface area contributed by atoms with Crippen molar-refractivity contribution in [3.05, 3.63) is 36.5 Å². The molecule has 5 heteroatoms. The summed E-state index contributed by atoms with van der Waals surface area (Å²) in [6, 6.07) is 0. The highest BCUT2D eigenvalue weighted by Crippen LogP contribution is 2.36. The first-order valence-corrected chi connectivity index (χ1v) is 9.20. The Balaban J connectivity index is 2.50. The van der Waals surface area contributed by atoms with Crippen LogP contribution in [0.15, 0.2) is 36.5 Å².